The van der Waals surface area contributed by atoms with Gasteiger partial charge in [0, 0.05) is 18.7 Å². The second-order valence-corrected chi connectivity index (χ2v) is 6.61. The number of aromatic nitrogens is 2. The summed E-state index contributed by atoms with van der Waals surface area (Å²) in [5.74, 6) is 1.38. The summed E-state index contributed by atoms with van der Waals surface area (Å²) in [4.78, 5) is 23.7. The van der Waals surface area contributed by atoms with Crippen LogP contribution >= 0.6 is 0 Å². The van der Waals surface area contributed by atoms with E-state index in [0.717, 1.165) is 37.2 Å². The predicted octanol–water partition coefficient (Wildman–Crippen LogP) is 1.99. The number of carbonyl (C=O) groups is 1. The second kappa shape index (κ2) is 6.92. The molecule has 2 heterocycles. The Morgan fingerprint density at radius 3 is 2.54 bits per heavy atom. The number of para-hydroxylation sites is 1. The first-order valence-electron chi connectivity index (χ1n) is 8.83. The lowest BCUT2D eigenvalue weighted by atomic mass is 9.94. The summed E-state index contributed by atoms with van der Waals surface area (Å²) in [5, 5.41) is 2.96. The van der Waals surface area contributed by atoms with Crippen LogP contribution in [0.4, 0.5) is 11.6 Å². The number of morpholine rings is 1. The molecule has 1 amide bonds. The van der Waals surface area contributed by atoms with Crippen molar-refractivity contribution >= 4 is 17.5 Å². The molecule has 1 aromatic heterocycles. The minimum atomic E-state index is -0.518. The molecule has 1 aromatic carbocycles. The van der Waals surface area contributed by atoms with Gasteiger partial charge in [-0.15, -0.1) is 0 Å². The molecular weight excluding hydrogens is 332 g/mol. The molecule has 1 saturated carbocycles. The SMILES string of the molecule is COc1ccccc1C1(C(=O)Nc2cnc(N3CCOCC3)nc2)CC1. The van der Waals surface area contributed by atoms with Crippen molar-refractivity contribution in [3.63, 3.8) is 0 Å². The number of nitrogens with zero attached hydrogens (tertiary/aromatic N) is 3. The molecule has 26 heavy (non-hydrogen) atoms. The van der Waals surface area contributed by atoms with E-state index in [1.54, 1.807) is 19.5 Å². The van der Waals surface area contributed by atoms with Crippen LogP contribution in [0.15, 0.2) is 36.7 Å². The van der Waals surface area contributed by atoms with Crippen molar-refractivity contribution in [2.75, 3.05) is 43.6 Å². The van der Waals surface area contributed by atoms with Crippen LogP contribution in [0.25, 0.3) is 0 Å². The van der Waals surface area contributed by atoms with E-state index in [1.807, 2.05) is 24.3 Å². The van der Waals surface area contributed by atoms with Gasteiger partial charge in [0.15, 0.2) is 0 Å². The Labute approximate surface area is 152 Å². The van der Waals surface area contributed by atoms with Gasteiger partial charge in [-0.1, -0.05) is 18.2 Å². The molecule has 1 aliphatic heterocycles. The molecule has 136 valence electrons. The van der Waals surface area contributed by atoms with Gasteiger partial charge in [-0.05, 0) is 18.9 Å². The summed E-state index contributed by atoms with van der Waals surface area (Å²) in [7, 11) is 1.63. The standard InChI is InChI=1S/C19H22N4O3/c1-25-16-5-3-2-4-15(16)19(6-7-19)17(24)22-14-12-20-18(21-13-14)23-8-10-26-11-9-23/h2-5,12-13H,6-11H2,1H3,(H,22,24). The Balaban J connectivity index is 1.48. The highest BCUT2D eigenvalue weighted by Crippen LogP contribution is 2.51. The van der Waals surface area contributed by atoms with E-state index < -0.39 is 5.41 Å². The molecule has 0 radical (unpaired) electrons. The van der Waals surface area contributed by atoms with Crippen molar-refractivity contribution in [2.24, 2.45) is 0 Å². The van der Waals surface area contributed by atoms with Gasteiger partial charge in [-0.25, -0.2) is 9.97 Å². The number of hydrogen-bond donors (Lipinski definition) is 1. The lowest BCUT2D eigenvalue weighted by Crippen LogP contribution is -2.37. The van der Waals surface area contributed by atoms with Crippen LogP contribution in [0.1, 0.15) is 18.4 Å². The quantitative estimate of drug-likeness (QED) is 0.885. The van der Waals surface area contributed by atoms with Gasteiger partial charge in [0.1, 0.15) is 5.75 Å². The summed E-state index contributed by atoms with van der Waals surface area (Å²) in [6.45, 7) is 2.93. The average Bonchev–Trinajstić information content (AvgIpc) is 3.51. The van der Waals surface area contributed by atoms with E-state index in [-0.39, 0.29) is 5.91 Å². The second-order valence-electron chi connectivity index (χ2n) is 6.61. The summed E-state index contributed by atoms with van der Waals surface area (Å²) in [5.41, 5.74) is 1.02. The molecule has 4 rings (SSSR count). The molecule has 7 nitrogen and oxygen atoms in total. The van der Waals surface area contributed by atoms with Crippen LogP contribution in [-0.2, 0) is 14.9 Å². The zero-order valence-electron chi connectivity index (χ0n) is 14.8. The molecule has 0 unspecified atom stereocenters. The number of rotatable bonds is 5. The van der Waals surface area contributed by atoms with Crippen LogP contribution in [0.5, 0.6) is 5.75 Å². The van der Waals surface area contributed by atoms with Crippen LogP contribution in [0, 0.1) is 0 Å². The van der Waals surface area contributed by atoms with Crippen molar-refractivity contribution in [3.8, 4) is 5.75 Å². The lowest BCUT2D eigenvalue weighted by Gasteiger charge is -2.26. The molecule has 2 aliphatic rings. The van der Waals surface area contributed by atoms with Crippen molar-refractivity contribution in [3.05, 3.63) is 42.2 Å². The largest absolute Gasteiger partial charge is 0.496 e. The Hall–Kier alpha value is -2.67. The highest BCUT2D eigenvalue weighted by atomic mass is 16.5. The van der Waals surface area contributed by atoms with Crippen molar-refractivity contribution in [2.45, 2.75) is 18.3 Å². The number of benzene rings is 1. The van der Waals surface area contributed by atoms with Gasteiger partial charge in [0.2, 0.25) is 11.9 Å². The van der Waals surface area contributed by atoms with Gasteiger partial charge in [0.05, 0.1) is 43.8 Å². The van der Waals surface area contributed by atoms with Crippen molar-refractivity contribution < 1.29 is 14.3 Å². The van der Waals surface area contributed by atoms with Gasteiger partial charge < -0.3 is 19.7 Å². The highest BCUT2D eigenvalue weighted by molar-refractivity contribution is 6.01. The first kappa shape index (κ1) is 16.8. The van der Waals surface area contributed by atoms with Crippen LogP contribution < -0.4 is 15.0 Å². The number of anilines is 2. The summed E-state index contributed by atoms with van der Waals surface area (Å²) >= 11 is 0. The third-order valence-corrected chi connectivity index (χ3v) is 5.00. The number of carbonyl (C=O) groups excluding carboxylic acids is 1. The number of ether oxygens (including phenoxy) is 2. The smallest absolute Gasteiger partial charge is 0.235 e. The Morgan fingerprint density at radius 2 is 1.88 bits per heavy atom. The topological polar surface area (TPSA) is 76.6 Å². The maximum absolute atomic E-state index is 12.9. The average molecular weight is 354 g/mol. The van der Waals surface area contributed by atoms with Crippen molar-refractivity contribution in [1.82, 2.24) is 9.97 Å². The Kier molecular flexibility index (Phi) is 4.46. The maximum Gasteiger partial charge on any atom is 0.235 e. The zero-order valence-corrected chi connectivity index (χ0v) is 14.8. The van der Waals surface area contributed by atoms with Gasteiger partial charge >= 0.3 is 0 Å². The lowest BCUT2D eigenvalue weighted by molar-refractivity contribution is -0.118. The predicted molar refractivity (Wildman–Crippen MR) is 97.6 cm³/mol. The molecule has 1 N–H and O–H groups in total. The van der Waals surface area contributed by atoms with E-state index >= 15 is 0 Å². The number of nitrogens with one attached hydrogen (secondary N) is 1. The molecule has 0 bridgehead atoms. The maximum atomic E-state index is 12.9. The first-order valence-corrected chi connectivity index (χ1v) is 8.83. The van der Waals surface area contributed by atoms with Crippen LogP contribution in [0.2, 0.25) is 0 Å². The van der Waals surface area contributed by atoms with E-state index in [4.69, 9.17) is 9.47 Å². The highest BCUT2D eigenvalue weighted by Gasteiger charge is 2.52. The van der Waals surface area contributed by atoms with Gasteiger partial charge in [0.25, 0.3) is 0 Å². The first-order chi connectivity index (χ1) is 12.7. The van der Waals surface area contributed by atoms with E-state index in [9.17, 15) is 4.79 Å². The summed E-state index contributed by atoms with van der Waals surface area (Å²) in [6.07, 6.45) is 4.94. The normalized spacial score (nSPS) is 18.3. The van der Waals surface area contributed by atoms with Crippen molar-refractivity contribution in [1.29, 1.82) is 0 Å². The van der Waals surface area contributed by atoms with E-state index in [2.05, 4.69) is 20.2 Å². The fourth-order valence-electron chi connectivity index (χ4n) is 3.35. The van der Waals surface area contributed by atoms with E-state index in [0.29, 0.717) is 24.8 Å². The zero-order chi connectivity index (χ0) is 18.0. The van der Waals surface area contributed by atoms with Crippen LogP contribution in [0.3, 0.4) is 0 Å². The molecule has 1 aliphatic carbocycles. The molecule has 2 fully saturated rings. The van der Waals surface area contributed by atoms with E-state index in [1.165, 1.54) is 0 Å². The minimum Gasteiger partial charge on any atom is -0.496 e. The Bertz CT molecular complexity index is 784. The summed E-state index contributed by atoms with van der Waals surface area (Å²) < 4.78 is 10.8. The number of hydrogen-bond acceptors (Lipinski definition) is 6. The number of amides is 1. The monoisotopic (exact) mass is 354 g/mol. The van der Waals surface area contributed by atoms with Gasteiger partial charge in [-0.3, -0.25) is 4.79 Å². The summed E-state index contributed by atoms with van der Waals surface area (Å²) in [6, 6.07) is 7.70. The van der Waals surface area contributed by atoms with Gasteiger partial charge in [-0.2, -0.15) is 0 Å². The molecule has 0 atom stereocenters. The third kappa shape index (κ3) is 3.10. The molecule has 1 saturated heterocycles. The van der Waals surface area contributed by atoms with Crippen LogP contribution in [-0.4, -0.2) is 49.3 Å². The minimum absolute atomic E-state index is 0.0373. The molecule has 0 spiro atoms. The number of methoxy groups -OCH3 is 1. The fourth-order valence-corrected chi connectivity index (χ4v) is 3.35. The fraction of sp³-hybridized carbons (Fsp3) is 0.421. The molecular formula is C19H22N4O3. The molecule has 2 aromatic rings. The molecule has 7 heteroatoms. The Morgan fingerprint density at radius 1 is 1.19 bits per heavy atom. The third-order valence-electron chi connectivity index (χ3n) is 5.00.